The minimum absolute atomic E-state index is 0.0786. The van der Waals surface area contributed by atoms with E-state index >= 15 is 0 Å². The van der Waals surface area contributed by atoms with E-state index in [1.165, 1.54) is 19.2 Å². The third-order valence-electron chi connectivity index (χ3n) is 5.54. The van der Waals surface area contributed by atoms with Crippen LogP contribution >= 0.6 is 0 Å². The van der Waals surface area contributed by atoms with E-state index in [4.69, 9.17) is 0 Å². The molecule has 0 atom stereocenters. The van der Waals surface area contributed by atoms with Crippen molar-refractivity contribution in [1.29, 1.82) is 0 Å². The highest BCUT2D eigenvalue weighted by molar-refractivity contribution is 5.38. The fourth-order valence-corrected chi connectivity index (χ4v) is 3.85. The van der Waals surface area contributed by atoms with Gasteiger partial charge in [-0.25, -0.2) is 24.3 Å². The molecule has 0 amide bonds. The van der Waals surface area contributed by atoms with Crippen LogP contribution in [-0.4, -0.2) is 40.6 Å². The van der Waals surface area contributed by atoms with E-state index in [-0.39, 0.29) is 11.6 Å². The maximum atomic E-state index is 12.3. The van der Waals surface area contributed by atoms with E-state index in [0.717, 1.165) is 37.2 Å². The first-order valence-corrected chi connectivity index (χ1v) is 9.79. The molecule has 0 radical (unpaired) electrons. The molecule has 144 valence electrons. The molecule has 3 aromatic heterocycles. The molecule has 28 heavy (non-hydrogen) atoms. The van der Waals surface area contributed by atoms with Gasteiger partial charge in [0.05, 0.1) is 6.04 Å². The van der Waals surface area contributed by atoms with Crippen LogP contribution in [0.3, 0.4) is 0 Å². The van der Waals surface area contributed by atoms with Crippen LogP contribution < -0.4 is 10.9 Å². The van der Waals surface area contributed by atoms with Crippen LogP contribution in [0.2, 0.25) is 0 Å². The molecule has 1 N–H and O–H groups in total. The molecule has 2 aliphatic carbocycles. The summed E-state index contributed by atoms with van der Waals surface area (Å²) in [5, 5.41) is 12.1. The first kappa shape index (κ1) is 17.0. The standard InChI is InChI=1S/C19H22N8O/c28-19-8-7-18(26-12-20-10-23-26)25-27(19)15-5-3-14(4-6-15)24-17-9-16(13-1-2-13)21-11-22-17/h7-15H,1-6H2,(H,21,22,24). The molecule has 2 aliphatic rings. The number of aromatic nitrogens is 7. The molecule has 5 rings (SSSR count). The summed E-state index contributed by atoms with van der Waals surface area (Å²) in [5.74, 6) is 2.13. The number of hydrogen-bond acceptors (Lipinski definition) is 7. The summed E-state index contributed by atoms with van der Waals surface area (Å²) in [5.41, 5.74) is 1.07. The highest BCUT2D eigenvalue weighted by Crippen LogP contribution is 2.39. The Morgan fingerprint density at radius 3 is 2.61 bits per heavy atom. The highest BCUT2D eigenvalue weighted by Gasteiger charge is 2.27. The van der Waals surface area contributed by atoms with Gasteiger partial charge in [-0.15, -0.1) is 5.10 Å². The monoisotopic (exact) mass is 378 g/mol. The Bertz CT molecular complexity index is 1000. The lowest BCUT2D eigenvalue weighted by Crippen LogP contribution is -2.33. The van der Waals surface area contributed by atoms with E-state index in [9.17, 15) is 4.79 Å². The van der Waals surface area contributed by atoms with E-state index in [0.29, 0.717) is 17.8 Å². The van der Waals surface area contributed by atoms with Crippen molar-refractivity contribution in [2.75, 3.05) is 5.32 Å². The summed E-state index contributed by atoms with van der Waals surface area (Å²) in [6.07, 6.45) is 10.9. The predicted octanol–water partition coefficient (Wildman–Crippen LogP) is 2.09. The van der Waals surface area contributed by atoms with Crippen LogP contribution in [0.15, 0.2) is 42.0 Å². The Hall–Kier alpha value is -3.10. The van der Waals surface area contributed by atoms with Gasteiger partial charge >= 0.3 is 0 Å². The van der Waals surface area contributed by atoms with Crippen LogP contribution in [0.5, 0.6) is 0 Å². The molecule has 9 nitrogen and oxygen atoms in total. The summed E-state index contributed by atoms with van der Waals surface area (Å²) in [6.45, 7) is 0. The van der Waals surface area contributed by atoms with Crippen molar-refractivity contribution < 1.29 is 0 Å². The second kappa shape index (κ2) is 7.14. The van der Waals surface area contributed by atoms with Crippen LogP contribution in [0.1, 0.15) is 56.2 Å². The van der Waals surface area contributed by atoms with Gasteiger partial charge in [-0.3, -0.25) is 4.79 Å². The quantitative estimate of drug-likeness (QED) is 0.725. The van der Waals surface area contributed by atoms with Crippen molar-refractivity contribution in [3.63, 3.8) is 0 Å². The van der Waals surface area contributed by atoms with Crippen LogP contribution in [0.4, 0.5) is 5.82 Å². The van der Waals surface area contributed by atoms with E-state index < -0.39 is 0 Å². The van der Waals surface area contributed by atoms with Gasteiger partial charge in [0.1, 0.15) is 24.8 Å². The summed E-state index contributed by atoms with van der Waals surface area (Å²) < 4.78 is 3.17. The molecule has 0 aromatic carbocycles. The van der Waals surface area contributed by atoms with Crippen molar-refractivity contribution in [2.45, 2.75) is 56.5 Å². The Kier molecular flexibility index (Phi) is 4.34. The van der Waals surface area contributed by atoms with Crippen LogP contribution in [0, 0.1) is 0 Å². The summed E-state index contributed by atoms with van der Waals surface area (Å²) >= 11 is 0. The van der Waals surface area contributed by atoms with E-state index in [2.05, 4.69) is 36.5 Å². The lowest BCUT2D eigenvalue weighted by Gasteiger charge is -2.30. The number of rotatable bonds is 5. The Morgan fingerprint density at radius 1 is 1.00 bits per heavy atom. The molecule has 9 heteroatoms. The summed E-state index contributed by atoms with van der Waals surface area (Å²) in [7, 11) is 0. The fraction of sp³-hybridized carbons (Fsp3) is 0.474. The minimum Gasteiger partial charge on any atom is -0.367 e. The van der Waals surface area contributed by atoms with Crippen molar-refractivity contribution >= 4 is 5.82 Å². The molecule has 2 fully saturated rings. The van der Waals surface area contributed by atoms with Gasteiger partial charge in [-0.05, 0) is 44.6 Å². The molecular weight excluding hydrogens is 356 g/mol. The lowest BCUT2D eigenvalue weighted by molar-refractivity contribution is 0.302. The zero-order valence-corrected chi connectivity index (χ0v) is 15.5. The fourth-order valence-electron chi connectivity index (χ4n) is 3.85. The number of hydrogen-bond donors (Lipinski definition) is 1. The van der Waals surface area contributed by atoms with Gasteiger partial charge in [0.2, 0.25) is 0 Å². The molecule has 0 spiro atoms. The Labute approximate surface area is 161 Å². The third-order valence-corrected chi connectivity index (χ3v) is 5.54. The van der Waals surface area contributed by atoms with Crippen LogP contribution in [0.25, 0.3) is 5.82 Å². The average Bonchev–Trinajstić information content (AvgIpc) is 3.44. The minimum atomic E-state index is -0.0786. The normalized spacial score (nSPS) is 22.1. The van der Waals surface area contributed by atoms with Gasteiger partial charge in [0.25, 0.3) is 5.56 Å². The highest BCUT2D eigenvalue weighted by atomic mass is 16.1. The zero-order valence-electron chi connectivity index (χ0n) is 15.5. The van der Waals surface area contributed by atoms with Crippen molar-refractivity contribution in [3.05, 3.63) is 53.2 Å². The first-order valence-electron chi connectivity index (χ1n) is 9.79. The number of nitrogens with zero attached hydrogens (tertiary/aromatic N) is 7. The SMILES string of the molecule is O=c1ccc(-n2cncn2)nn1C1CCC(Nc2cc(C3CC3)ncn2)CC1. The lowest BCUT2D eigenvalue weighted by atomic mass is 9.91. The van der Waals surface area contributed by atoms with E-state index in [1.807, 2.05) is 0 Å². The Morgan fingerprint density at radius 2 is 1.86 bits per heavy atom. The third kappa shape index (κ3) is 3.51. The van der Waals surface area contributed by atoms with Gasteiger partial charge in [0.15, 0.2) is 5.82 Å². The molecule has 3 aromatic rings. The van der Waals surface area contributed by atoms with Gasteiger partial charge < -0.3 is 5.32 Å². The number of anilines is 1. The second-order valence-electron chi connectivity index (χ2n) is 7.57. The molecule has 0 saturated heterocycles. The van der Waals surface area contributed by atoms with Gasteiger partial charge in [0, 0.05) is 29.8 Å². The molecule has 0 aliphatic heterocycles. The maximum absolute atomic E-state index is 12.3. The molecule has 0 bridgehead atoms. The van der Waals surface area contributed by atoms with E-state index in [1.54, 1.807) is 34.2 Å². The smallest absolute Gasteiger partial charge is 0.267 e. The van der Waals surface area contributed by atoms with Gasteiger partial charge in [-0.1, -0.05) is 0 Å². The summed E-state index contributed by atoms with van der Waals surface area (Å²) in [6, 6.07) is 5.76. The van der Waals surface area contributed by atoms with Crippen LogP contribution in [-0.2, 0) is 0 Å². The number of nitrogens with one attached hydrogen (secondary N) is 1. The maximum Gasteiger partial charge on any atom is 0.267 e. The van der Waals surface area contributed by atoms with Crippen molar-refractivity contribution in [2.24, 2.45) is 0 Å². The largest absolute Gasteiger partial charge is 0.367 e. The second-order valence-corrected chi connectivity index (χ2v) is 7.57. The first-order chi connectivity index (χ1) is 13.8. The van der Waals surface area contributed by atoms with Gasteiger partial charge in [-0.2, -0.15) is 5.10 Å². The van der Waals surface area contributed by atoms with Crippen molar-refractivity contribution in [1.82, 2.24) is 34.5 Å². The van der Waals surface area contributed by atoms with Crippen molar-refractivity contribution in [3.8, 4) is 5.82 Å². The zero-order chi connectivity index (χ0) is 18.9. The topological polar surface area (TPSA) is 103 Å². The molecule has 2 saturated carbocycles. The Balaban J connectivity index is 1.25. The molecule has 0 unspecified atom stereocenters. The molecule has 3 heterocycles. The molecular formula is C19H22N8O. The predicted molar refractivity (Wildman–Crippen MR) is 102 cm³/mol. The average molecular weight is 378 g/mol. The summed E-state index contributed by atoms with van der Waals surface area (Å²) in [4.78, 5) is 25.0.